The first-order chi connectivity index (χ1) is 12.4. The molecule has 2 aromatic rings. The molecule has 0 aromatic carbocycles. The number of hydrogen-bond donors (Lipinski definition) is 1. The lowest BCUT2D eigenvalue weighted by atomic mass is 10.2. The van der Waals surface area contributed by atoms with Crippen LogP contribution in [0.4, 0.5) is 0 Å². The molecule has 1 unspecified atom stereocenters. The van der Waals surface area contributed by atoms with Crippen LogP contribution in [0.3, 0.4) is 0 Å². The van der Waals surface area contributed by atoms with E-state index >= 15 is 0 Å². The second-order valence-electron chi connectivity index (χ2n) is 5.96. The van der Waals surface area contributed by atoms with Gasteiger partial charge in [-0.15, -0.1) is 22.7 Å². The van der Waals surface area contributed by atoms with E-state index in [4.69, 9.17) is 11.6 Å². The molecule has 1 saturated heterocycles. The summed E-state index contributed by atoms with van der Waals surface area (Å²) in [6, 6.07) is 7.24. The number of carbonyl (C=O) groups is 1. The monoisotopic (exact) mass is 433 g/mol. The van der Waals surface area contributed by atoms with Gasteiger partial charge in [-0.25, -0.2) is 8.42 Å². The number of nitrogens with one attached hydrogen (secondary N) is 1. The molecule has 1 atom stereocenters. The van der Waals surface area contributed by atoms with Gasteiger partial charge in [0.05, 0.1) is 10.9 Å². The molecule has 0 aliphatic carbocycles. The maximum Gasteiger partial charge on any atom is 0.252 e. The maximum atomic E-state index is 12.6. The van der Waals surface area contributed by atoms with Crippen LogP contribution < -0.4 is 5.32 Å². The average Bonchev–Trinajstić information content (AvgIpc) is 3.31. The molecular formula is C16H20ClN3O3S3. The minimum Gasteiger partial charge on any atom is -0.339 e. The van der Waals surface area contributed by atoms with Gasteiger partial charge in [-0.1, -0.05) is 17.7 Å². The fourth-order valence-electron chi connectivity index (χ4n) is 2.73. The molecular weight excluding hydrogens is 414 g/mol. The SMILES string of the molecule is CC(NCC(=O)N1CCN(S(=O)(=O)c2ccc(Cl)s2)CC1)c1cccs1. The zero-order chi connectivity index (χ0) is 18.7. The number of piperazine rings is 1. The Morgan fingerprint density at radius 2 is 2.00 bits per heavy atom. The van der Waals surface area contributed by atoms with Crippen molar-refractivity contribution in [3.8, 4) is 0 Å². The summed E-state index contributed by atoms with van der Waals surface area (Å²) < 4.78 is 27.3. The van der Waals surface area contributed by atoms with E-state index in [2.05, 4.69) is 5.32 Å². The summed E-state index contributed by atoms with van der Waals surface area (Å²) in [6.07, 6.45) is 0. The van der Waals surface area contributed by atoms with Crippen molar-refractivity contribution in [3.05, 3.63) is 38.9 Å². The number of thiophene rings is 2. The standard InChI is InChI=1S/C16H20ClN3O3S3/c1-12(13-3-2-10-24-13)18-11-15(21)19-6-8-20(9-7-19)26(22,23)16-5-4-14(17)25-16/h2-5,10,12,18H,6-9,11H2,1H3. The van der Waals surface area contributed by atoms with Gasteiger partial charge >= 0.3 is 0 Å². The fourth-order valence-corrected chi connectivity index (χ4v) is 6.55. The van der Waals surface area contributed by atoms with Crippen molar-refractivity contribution in [1.82, 2.24) is 14.5 Å². The second-order valence-corrected chi connectivity index (χ2v) is 10.8. The topological polar surface area (TPSA) is 69.7 Å². The first-order valence-corrected chi connectivity index (χ1v) is 11.7. The van der Waals surface area contributed by atoms with Crippen LogP contribution in [0.5, 0.6) is 0 Å². The lowest BCUT2D eigenvalue weighted by Crippen LogP contribution is -2.52. The zero-order valence-corrected chi connectivity index (χ0v) is 17.4. The number of rotatable bonds is 6. The van der Waals surface area contributed by atoms with Gasteiger partial charge in [-0.3, -0.25) is 4.79 Å². The number of nitrogens with zero attached hydrogens (tertiary/aromatic N) is 2. The molecule has 3 rings (SSSR count). The van der Waals surface area contributed by atoms with Gasteiger partial charge in [-0.2, -0.15) is 4.31 Å². The normalized spacial score (nSPS) is 17.4. The van der Waals surface area contributed by atoms with Crippen molar-refractivity contribution in [2.75, 3.05) is 32.7 Å². The van der Waals surface area contributed by atoms with Crippen molar-refractivity contribution in [2.45, 2.75) is 17.2 Å². The van der Waals surface area contributed by atoms with E-state index in [0.29, 0.717) is 30.5 Å². The van der Waals surface area contributed by atoms with Crippen LogP contribution in [0.1, 0.15) is 17.8 Å². The number of hydrogen-bond acceptors (Lipinski definition) is 6. The minimum absolute atomic E-state index is 0.00961. The first kappa shape index (κ1) is 19.8. The third kappa shape index (κ3) is 4.47. The highest BCUT2D eigenvalue weighted by molar-refractivity contribution is 7.91. The van der Waals surface area contributed by atoms with E-state index < -0.39 is 10.0 Å². The molecule has 0 radical (unpaired) electrons. The molecule has 1 N–H and O–H groups in total. The Morgan fingerprint density at radius 1 is 1.27 bits per heavy atom. The van der Waals surface area contributed by atoms with Gasteiger partial charge in [0.1, 0.15) is 4.21 Å². The fraction of sp³-hybridized carbons (Fsp3) is 0.438. The quantitative estimate of drug-likeness (QED) is 0.760. The molecule has 10 heteroatoms. The van der Waals surface area contributed by atoms with Crippen molar-refractivity contribution in [3.63, 3.8) is 0 Å². The van der Waals surface area contributed by atoms with Crippen LogP contribution in [-0.2, 0) is 14.8 Å². The van der Waals surface area contributed by atoms with Crippen LogP contribution in [0.15, 0.2) is 33.9 Å². The lowest BCUT2D eigenvalue weighted by molar-refractivity contribution is -0.131. The predicted octanol–water partition coefficient (Wildman–Crippen LogP) is 2.65. The van der Waals surface area contributed by atoms with Gasteiger partial charge in [0.15, 0.2) is 0 Å². The zero-order valence-electron chi connectivity index (χ0n) is 14.2. The van der Waals surface area contributed by atoms with Crippen molar-refractivity contribution in [1.29, 1.82) is 0 Å². The Kier molecular flexibility index (Phi) is 6.37. The first-order valence-electron chi connectivity index (χ1n) is 8.18. The van der Waals surface area contributed by atoms with Crippen LogP contribution in [-0.4, -0.2) is 56.3 Å². The largest absolute Gasteiger partial charge is 0.339 e. The minimum atomic E-state index is -3.53. The van der Waals surface area contributed by atoms with Crippen LogP contribution in [0.2, 0.25) is 4.34 Å². The van der Waals surface area contributed by atoms with E-state index in [0.717, 1.165) is 11.3 Å². The van der Waals surface area contributed by atoms with Gasteiger partial charge in [-0.05, 0) is 30.5 Å². The van der Waals surface area contributed by atoms with Crippen molar-refractivity contribution < 1.29 is 13.2 Å². The summed E-state index contributed by atoms with van der Waals surface area (Å²) in [5, 5.41) is 5.24. The highest BCUT2D eigenvalue weighted by Gasteiger charge is 2.31. The second kappa shape index (κ2) is 8.37. The number of carbonyl (C=O) groups excluding carboxylic acids is 1. The highest BCUT2D eigenvalue weighted by Crippen LogP contribution is 2.28. The summed E-state index contributed by atoms with van der Waals surface area (Å²) in [5.74, 6) is -0.00961. The van der Waals surface area contributed by atoms with Crippen LogP contribution in [0, 0.1) is 0 Å². The average molecular weight is 434 g/mol. The molecule has 1 fully saturated rings. The highest BCUT2D eigenvalue weighted by atomic mass is 35.5. The van der Waals surface area contributed by atoms with E-state index in [9.17, 15) is 13.2 Å². The lowest BCUT2D eigenvalue weighted by Gasteiger charge is -2.34. The third-order valence-electron chi connectivity index (χ3n) is 4.26. The summed E-state index contributed by atoms with van der Waals surface area (Å²) >= 11 is 8.55. The molecule has 26 heavy (non-hydrogen) atoms. The molecule has 0 spiro atoms. The Bertz CT molecular complexity index is 843. The third-order valence-corrected chi connectivity index (χ3v) is 8.92. The van der Waals surface area contributed by atoms with Gasteiger partial charge in [0.2, 0.25) is 5.91 Å². The molecule has 1 amide bonds. The Morgan fingerprint density at radius 3 is 2.58 bits per heavy atom. The molecule has 0 saturated carbocycles. The predicted molar refractivity (Wildman–Crippen MR) is 105 cm³/mol. The summed E-state index contributed by atoms with van der Waals surface area (Å²) in [6.45, 7) is 3.65. The smallest absolute Gasteiger partial charge is 0.252 e. The van der Waals surface area contributed by atoms with Crippen LogP contribution in [0.25, 0.3) is 0 Å². The Balaban J connectivity index is 1.51. The van der Waals surface area contributed by atoms with Crippen molar-refractivity contribution >= 4 is 50.2 Å². The Hall–Kier alpha value is -0.970. The molecule has 3 heterocycles. The molecule has 2 aromatic heterocycles. The van der Waals surface area contributed by atoms with E-state index in [1.54, 1.807) is 22.3 Å². The van der Waals surface area contributed by atoms with Gasteiger partial charge < -0.3 is 10.2 Å². The summed E-state index contributed by atoms with van der Waals surface area (Å²) in [7, 11) is -3.53. The summed E-state index contributed by atoms with van der Waals surface area (Å²) in [5.41, 5.74) is 0. The number of amides is 1. The van der Waals surface area contributed by atoms with Gasteiger partial charge in [0.25, 0.3) is 10.0 Å². The molecule has 6 nitrogen and oxygen atoms in total. The number of sulfonamides is 1. The van der Waals surface area contributed by atoms with Gasteiger partial charge in [0, 0.05) is 37.1 Å². The van der Waals surface area contributed by atoms with Crippen LogP contribution >= 0.6 is 34.3 Å². The van der Waals surface area contributed by atoms with E-state index in [1.807, 2.05) is 24.4 Å². The summed E-state index contributed by atoms with van der Waals surface area (Å²) in [4.78, 5) is 15.3. The Labute approximate surface area is 166 Å². The molecule has 1 aliphatic rings. The van der Waals surface area contributed by atoms with E-state index in [-0.39, 0.29) is 22.7 Å². The van der Waals surface area contributed by atoms with Crippen molar-refractivity contribution in [2.24, 2.45) is 0 Å². The number of halogens is 1. The maximum absolute atomic E-state index is 12.6. The molecule has 1 aliphatic heterocycles. The molecule has 142 valence electrons. The van der Waals surface area contributed by atoms with E-state index in [1.165, 1.54) is 15.2 Å². The molecule has 0 bridgehead atoms.